The van der Waals surface area contributed by atoms with Crippen LogP contribution in [0.5, 0.6) is 0 Å². The van der Waals surface area contributed by atoms with Crippen molar-refractivity contribution in [2.75, 3.05) is 0 Å². The number of oxime groups is 1. The van der Waals surface area contributed by atoms with Gasteiger partial charge >= 0.3 is 5.97 Å². The lowest BCUT2D eigenvalue weighted by atomic mass is 10.0. The number of aromatic nitrogens is 1. The summed E-state index contributed by atoms with van der Waals surface area (Å²) in [7, 11) is 0. The molecule has 4 nitrogen and oxygen atoms in total. The topological polar surface area (TPSA) is 43.6 Å². The van der Waals surface area contributed by atoms with E-state index in [4.69, 9.17) is 4.84 Å². The van der Waals surface area contributed by atoms with E-state index >= 15 is 0 Å². The second kappa shape index (κ2) is 10.9. The monoisotopic (exact) mass is 444 g/mol. The third-order valence-corrected chi connectivity index (χ3v) is 6.37. The van der Waals surface area contributed by atoms with E-state index in [1.54, 1.807) is 23.5 Å². The highest BCUT2D eigenvalue weighted by atomic mass is 32.1. The van der Waals surface area contributed by atoms with Gasteiger partial charge in [0.2, 0.25) is 0 Å². The summed E-state index contributed by atoms with van der Waals surface area (Å²) < 4.78 is 2.21. The van der Waals surface area contributed by atoms with Crippen LogP contribution >= 0.6 is 11.3 Å². The number of carbonyl (C=O) groups is 1. The lowest BCUT2D eigenvalue weighted by Crippen LogP contribution is -2.30. The fourth-order valence-electron chi connectivity index (χ4n) is 3.84. The van der Waals surface area contributed by atoms with E-state index in [0.29, 0.717) is 5.56 Å². The third-order valence-electron chi connectivity index (χ3n) is 5.50. The number of thiophene rings is 1. The largest absolute Gasteiger partial charge is 0.365 e. The number of carbonyl (C=O) groups excluding carboxylic acids is 1. The molecule has 5 heteroatoms. The highest BCUT2D eigenvalue weighted by Crippen LogP contribution is 2.16. The van der Waals surface area contributed by atoms with Crippen molar-refractivity contribution in [2.24, 2.45) is 5.16 Å². The Morgan fingerprint density at radius 2 is 2.00 bits per heavy atom. The normalized spacial score (nSPS) is 13.1. The van der Waals surface area contributed by atoms with Gasteiger partial charge in [0.1, 0.15) is 0 Å². The van der Waals surface area contributed by atoms with Gasteiger partial charge in [-0.1, -0.05) is 67.8 Å². The number of benzene rings is 1. The smallest absolute Gasteiger partial charge is 0.313 e. The van der Waals surface area contributed by atoms with Crippen molar-refractivity contribution < 1.29 is 9.63 Å². The van der Waals surface area contributed by atoms with Crippen LogP contribution in [0.4, 0.5) is 0 Å². The van der Waals surface area contributed by atoms with E-state index in [2.05, 4.69) is 64.7 Å². The first-order chi connectivity index (χ1) is 15.8. The van der Waals surface area contributed by atoms with Crippen molar-refractivity contribution in [3.8, 4) is 5.00 Å². The summed E-state index contributed by atoms with van der Waals surface area (Å²) in [6.45, 7) is 2.20. The molecular weight excluding hydrogens is 416 g/mol. The lowest BCUT2D eigenvalue weighted by Gasteiger charge is -2.06. The summed E-state index contributed by atoms with van der Waals surface area (Å²) in [6.07, 6.45) is 16.9. The molecule has 0 atom stereocenters. The van der Waals surface area contributed by atoms with Crippen LogP contribution in [0.2, 0.25) is 0 Å². The number of unbranched alkanes of at least 4 members (excludes halogenated alkanes) is 3. The van der Waals surface area contributed by atoms with Crippen LogP contribution in [0.3, 0.4) is 0 Å². The first kappa shape index (κ1) is 22.0. The SMILES string of the molecule is CCCCCC/C(=N\OC(=O)c1ccccc1)c1cn(-c2cccs2)c2c1=CCC=CC=2. The molecule has 0 radical (unpaired) electrons. The van der Waals surface area contributed by atoms with E-state index in [0.717, 1.165) is 52.5 Å². The summed E-state index contributed by atoms with van der Waals surface area (Å²) in [5.74, 6) is -0.433. The molecule has 3 aromatic rings. The second-order valence-electron chi connectivity index (χ2n) is 7.79. The van der Waals surface area contributed by atoms with Crippen LogP contribution in [0.1, 0.15) is 61.4 Å². The fraction of sp³-hybridized carbons (Fsp3) is 0.259. The predicted octanol–water partition coefficient (Wildman–Crippen LogP) is 5.59. The van der Waals surface area contributed by atoms with Gasteiger partial charge < -0.3 is 9.40 Å². The third kappa shape index (κ3) is 5.17. The van der Waals surface area contributed by atoms with Gasteiger partial charge in [0, 0.05) is 17.0 Å². The lowest BCUT2D eigenvalue weighted by molar-refractivity contribution is 0.0515. The first-order valence-corrected chi connectivity index (χ1v) is 12.1. The van der Waals surface area contributed by atoms with Crippen LogP contribution in [0.25, 0.3) is 17.2 Å². The Labute approximate surface area is 192 Å². The average molecular weight is 445 g/mol. The van der Waals surface area contributed by atoms with Gasteiger partial charge in [0.25, 0.3) is 0 Å². The Hall–Kier alpha value is -3.18. The molecule has 0 spiro atoms. The molecule has 0 fully saturated rings. The molecule has 0 bridgehead atoms. The Morgan fingerprint density at radius 1 is 1.12 bits per heavy atom. The maximum atomic E-state index is 12.5. The van der Waals surface area contributed by atoms with E-state index in [1.165, 1.54) is 12.8 Å². The van der Waals surface area contributed by atoms with Crippen molar-refractivity contribution in [3.63, 3.8) is 0 Å². The molecule has 2 heterocycles. The van der Waals surface area contributed by atoms with Gasteiger partial charge in [0.05, 0.1) is 21.6 Å². The van der Waals surface area contributed by atoms with Gasteiger partial charge in [-0.05, 0) is 55.0 Å². The Bertz CT molecular complexity index is 1220. The zero-order valence-corrected chi connectivity index (χ0v) is 19.2. The molecule has 164 valence electrons. The van der Waals surface area contributed by atoms with Crippen LogP contribution in [0.15, 0.2) is 71.3 Å². The highest BCUT2D eigenvalue weighted by Gasteiger charge is 2.15. The zero-order valence-electron chi connectivity index (χ0n) is 18.4. The van der Waals surface area contributed by atoms with Crippen molar-refractivity contribution in [2.45, 2.75) is 45.4 Å². The van der Waals surface area contributed by atoms with E-state index in [-0.39, 0.29) is 0 Å². The fourth-order valence-corrected chi connectivity index (χ4v) is 4.55. The highest BCUT2D eigenvalue weighted by molar-refractivity contribution is 7.12. The van der Waals surface area contributed by atoms with Gasteiger partial charge in [-0.2, -0.15) is 0 Å². The van der Waals surface area contributed by atoms with E-state index in [9.17, 15) is 4.79 Å². The molecule has 32 heavy (non-hydrogen) atoms. The van der Waals surface area contributed by atoms with Gasteiger partial charge in [-0.3, -0.25) is 0 Å². The molecule has 0 saturated heterocycles. The van der Waals surface area contributed by atoms with Crippen LogP contribution < -0.4 is 10.6 Å². The minimum Gasteiger partial charge on any atom is -0.313 e. The van der Waals surface area contributed by atoms with E-state index in [1.807, 2.05) is 18.2 Å². The molecule has 0 N–H and O–H groups in total. The molecule has 4 rings (SSSR count). The Morgan fingerprint density at radius 3 is 2.78 bits per heavy atom. The molecule has 1 aliphatic rings. The summed E-state index contributed by atoms with van der Waals surface area (Å²) in [5, 5.41) is 9.92. The average Bonchev–Trinajstić information content (AvgIpc) is 3.41. The van der Waals surface area contributed by atoms with Crippen molar-refractivity contribution >= 4 is 35.2 Å². The van der Waals surface area contributed by atoms with Gasteiger partial charge in [0.15, 0.2) is 0 Å². The Kier molecular flexibility index (Phi) is 7.51. The van der Waals surface area contributed by atoms with Crippen molar-refractivity contribution in [3.05, 3.63) is 87.9 Å². The van der Waals surface area contributed by atoms with Crippen LogP contribution in [-0.4, -0.2) is 16.2 Å². The quantitative estimate of drug-likeness (QED) is 0.187. The number of allylic oxidation sites excluding steroid dienone is 2. The zero-order chi connectivity index (χ0) is 22.2. The number of hydrogen-bond acceptors (Lipinski definition) is 4. The molecule has 2 aromatic heterocycles. The molecule has 0 unspecified atom stereocenters. The van der Waals surface area contributed by atoms with E-state index < -0.39 is 5.97 Å². The summed E-state index contributed by atoms with van der Waals surface area (Å²) in [5.41, 5.74) is 2.36. The summed E-state index contributed by atoms with van der Waals surface area (Å²) in [6, 6.07) is 13.2. The molecule has 0 aliphatic heterocycles. The maximum Gasteiger partial charge on any atom is 0.365 e. The number of nitrogens with zero attached hydrogens (tertiary/aromatic N) is 2. The maximum absolute atomic E-state index is 12.5. The van der Waals surface area contributed by atoms with Gasteiger partial charge in [-0.25, -0.2) is 4.79 Å². The molecular formula is C27H28N2O2S. The Balaban J connectivity index is 1.73. The summed E-state index contributed by atoms with van der Waals surface area (Å²) >= 11 is 1.70. The molecule has 1 aromatic carbocycles. The number of rotatable bonds is 9. The van der Waals surface area contributed by atoms with Crippen LogP contribution in [-0.2, 0) is 4.84 Å². The minimum atomic E-state index is -0.433. The molecule has 1 aliphatic carbocycles. The summed E-state index contributed by atoms with van der Waals surface area (Å²) in [4.78, 5) is 18.0. The second-order valence-corrected chi connectivity index (χ2v) is 8.72. The molecule has 0 amide bonds. The minimum absolute atomic E-state index is 0.433. The van der Waals surface area contributed by atoms with Crippen LogP contribution in [0, 0.1) is 0 Å². The van der Waals surface area contributed by atoms with Gasteiger partial charge in [-0.15, -0.1) is 11.3 Å². The predicted molar refractivity (Wildman–Crippen MR) is 133 cm³/mol. The van der Waals surface area contributed by atoms with Crippen molar-refractivity contribution in [1.82, 2.24) is 4.57 Å². The standard InChI is InChI=1S/C27H28N2O2S/c1-2-3-4-10-16-24(28-31-27(30)21-13-7-5-8-14-21)23-20-29(26-18-12-19-32-26)25-17-11-6-9-15-22(23)25/h5-8,11-15,17-20H,2-4,9-10,16H2,1H3/b28-24+. The molecule has 0 saturated carbocycles. The first-order valence-electron chi connectivity index (χ1n) is 11.2. The van der Waals surface area contributed by atoms with Crippen molar-refractivity contribution in [1.29, 1.82) is 0 Å². The number of hydrogen-bond donors (Lipinski definition) is 0. The number of fused-ring (bicyclic) bond motifs is 1.